The Labute approximate surface area is 307 Å². The van der Waals surface area contributed by atoms with Gasteiger partial charge in [-0.1, -0.05) is 46.1 Å². The van der Waals surface area contributed by atoms with Crippen molar-refractivity contribution in [3.63, 3.8) is 0 Å². The zero-order valence-corrected chi connectivity index (χ0v) is 31.3. The molecule has 6 atom stereocenters. The summed E-state index contributed by atoms with van der Waals surface area (Å²) >= 11 is 0. The van der Waals surface area contributed by atoms with Crippen molar-refractivity contribution in [1.29, 1.82) is 0 Å². The molecular formula is C39H58N6O7. The number of hydrogen-bond acceptors (Lipinski definition) is 7. The van der Waals surface area contributed by atoms with Crippen LogP contribution in [0.5, 0.6) is 0 Å². The maximum atomic E-state index is 14.8. The van der Waals surface area contributed by atoms with Gasteiger partial charge in [0.2, 0.25) is 17.6 Å². The van der Waals surface area contributed by atoms with Crippen molar-refractivity contribution in [2.75, 3.05) is 26.2 Å². The normalized spacial score (nSPS) is 26.1. The second kappa shape index (κ2) is 15.9. The molecule has 0 radical (unpaired) electrons. The number of hydrogen-bond donors (Lipinski definition) is 5. The van der Waals surface area contributed by atoms with E-state index >= 15 is 0 Å². The van der Waals surface area contributed by atoms with Gasteiger partial charge in [-0.25, -0.2) is 9.59 Å². The minimum absolute atomic E-state index is 0.0217. The number of Topliss-reactive ketones (excluding diaryl/α,β-unsaturated/α-hetero) is 1. The Morgan fingerprint density at radius 2 is 1.67 bits per heavy atom. The van der Waals surface area contributed by atoms with Crippen LogP contribution in [0, 0.1) is 46.3 Å². The molecule has 5 fully saturated rings. The zero-order valence-electron chi connectivity index (χ0n) is 31.3. The lowest BCUT2D eigenvalue weighted by molar-refractivity contribution is -0.146. The lowest BCUT2D eigenvalue weighted by Gasteiger charge is -2.44. The molecule has 4 aliphatic carbocycles. The highest BCUT2D eigenvalue weighted by atomic mass is 16.5. The number of nitrogens with zero attached hydrogens (tertiary/aromatic N) is 1. The fourth-order valence-electron chi connectivity index (χ4n) is 9.24. The van der Waals surface area contributed by atoms with Crippen molar-refractivity contribution in [2.45, 2.75) is 122 Å². The van der Waals surface area contributed by atoms with Crippen molar-refractivity contribution in [3.8, 4) is 12.3 Å². The van der Waals surface area contributed by atoms with Gasteiger partial charge in [0.15, 0.2) is 0 Å². The van der Waals surface area contributed by atoms with E-state index in [1.165, 1.54) is 18.9 Å². The number of nitrogens with one attached hydrogen (secondary N) is 5. The maximum absolute atomic E-state index is 14.8. The van der Waals surface area contributed by atoms with Gasteiger partial charge in [0, 0.05) is 26.1 Å². The Morgan fingerprint density at radius 3 is 2.29 bits per heavy atom. The average molecular weight is 723 g/mol. The van der Waals surface area contributed by atoms with Gasteiger partial charge in [-0.2, -0.15) is 0 Å². The van der Waals surface area contributed by atoms with Crippen LogP contribution in [0.25, 0.3) is 0 Å². The van der Waals surface area contributed by atoms with Gasteiger partial charge >= 0.3 is 12.1 Å². The summed E-state index contributed by atoms with van der Waals surface area (Å²) < 4.78 is 5.47. The van der Waals surface area contributed by atoms with Crippen LogP contribution in [0.3, 0.4) is 0 Å². The van der Waals surface area contributed by atoms with E-state index in [1.54, 1.807) is 11.8 Å². The molecule has 5 rings (SSSR count). The summed E-state index contributed by atoms with van der Waals surface area (Å²) in [4.78, 5) is 82.4. The average Bonchev–Trinajstić information content (AvgIpc) is 3.94. The summed E-state index contributed by atoms with van der Waals surface area (Å²) in [6.45, 7) is 12.4. The Kier molecular flexibility index (Phi) is 12.0. The molecule has 0 aromatic rings. The molecule has 1 unspecified atom stereocenters. The predicted octanol–water partition coefficient (Wildman–Crippen LogP) is 3.18. The summed E-state index contributed by atoms with van der Waals surface area (Å²) in [5.74, 6) is 0.00477. The molecule has 5 N–H and O–H groups in total. The number of ketones is 1. The fraction of sp³-hybridized carbons (Fsp3) is 0.744. The highest BCUT2D eigenvalue weighted by Crippen LogP contribution is 2.65. The van der Waals surface area contributed by atoms with Crippen LogP contribution >= 0.6 is 0 Å². The van der Waals surface area contributed by atoms with E-state index in [0.717, 1.165) is 44.9 Å². The summed E-state index contributed by atoms with van der Waals surface area (Å²) in [6.07, 6.45) is 15.2. The first-order valence-electron chi connectivity index (χ1n) is 19.1. The van der Waals surface area contributed by atoms with Gasteiger partial charge in [0.05, 0.1) is 12.1 Å². The number of carbonyl (C=O) groups is 6. The smallest absolute Gasteiger partial charge is 0.407 e. The van der Waals surface area contributed by atoms with Gasteiger partial charge in [-0.05, 0) is 85.9 Å². The first-order chi connectivity index (χ1) is 24.7. The summed E-state index contributed by atoms with van der Waals surface area (Å²) in [7, 11) is 0. The van der Waals surface area contributed by atoms with E-state index in [2.05, 4.69) is 52.9 Å². The highest BCUT2D eigenvalue weighted by Gasteiger charge is 2.70. The molecule has 4 saturated carbocycles. The van der Waals surface area contributed by atoms with E-state index in [4.69, 9.17) is 11.2 Å². The molecule has 286 valence electrons. The number of rotatable bonds is 16. The Hall–Kier alpha value is -4.08. The summed E-state index contributed by atoms with van der Waals surface area (Å²) in [6, 6.07) is -3.91. The molecule has 52 heavy (non-hydrogen) atoms. The van der Waals surface area contributed by atoms with Crippen molar-refractivity contribution in [3.05, 3.63) is 12.7 Å². The zero-order chi connectivity index (χ0) is 37.8. The topological polar surface area (TPSA) is 175 Å². The molecule has 13 nitrogen and oxygen atoms in total. The van der Waals surface area contributed by atoms with Crippen LogP contribution in [0.2, 0.25) is 0 Å². The molecule has 1 heterocycles. The molecule has 1 spiro atoms. The second-order valence-electron chi connectivity index (χ2n) is 16.7. The number of terminal acetylenes is 1. The summed E-state index contributed by atoms with van der Waals surface area (Å²) in [5.41, 5.74) is -0.417. The van der Waals surface area contributed by atoms with Gasteiger partial charge in [0.25, 0.3) is 5.91 Å². The Bertz CT molecular complexity index is 1450. The van der Waals surface area contributed by atoms with Gasteiger partial charge in [-0.15, -0.1) is 18.9 Å². The van der Waals surface area contributed by atoms with Crippen molar-refractivity contribution >= 4 is 35.6 Å². The molecule has 5 aliphatic rings. The summed E-state index contributed by atoms with van der Waals surface area (Å²) in [5, 5.41) is 14.0. The van der Waals surface area contributed by atoms with Crippen molar-refractivity contribution in [2.24, 2.45) is 34.0 Å². The predicted molar refractivity (Wildman–Crippen MR) is 194 cm³/mol. The minimum atomic E-state index is -1.17. The van der Waals surface area contributed by atoms with Crippen LogP contribution in [-0.4, -0.2) is 90.9 Å². The van der Waals surface area contributed by atoms with Crippen LogP contribution in [-0.2, 0) is 23.9 Å². The second-order valence-corrected chi connectivity index (χ2v) is 16.7. The first-order valence-corrected chi connectivity index (χ1v) is 19.1. The SMILES string of the molecule is C#CCCC(NC(=O)[C@@H]1[C@@H]2[C@H](CN1C(=O)[C@@H](NC(=O)N[C@H](COC(=O)NCC)C1CC3(CC3)C1)C1(C)CCCCC1)C2(C)C)C(=O)C(=O)NCC=C. The Balaban J connectivity index is 1.35. The lowest BCUT2D eigenvalue weighted by Crippen LogP contribution is -2.63. The minimum Gasteiger partial charge on any atom is -0.447 e. The largest absolute Gasteiger partial charge is 0.447 e. The fourth-order valence-corrected chi connectivity index (χ4v) is 9.24. The molecule has 6 amide bonds. The van der Waals surface area contributed by atoms with Crippen LogP contribution in [0.15, 0.2) is 12.7 Å². The van der Waals surface area contributed by atoms with Gasteiger partial charge in [0.1, 0.15) is 18.7 Å². The standard InChI is InChI=1S/C39H58N6O7/c1-7-10-14-26(30(46)33(48)41-19-8-2)42-32(47)29-28-25(37(28,4)5)22-45(29)34(49)31(38(6)15-12-11-13-16-38)44-35(50)43-27(23-52-36(51)40-9-3)24-20-39(21-24)17-18-39/h1,8,24-29,31H,2,9-23H2,3-6H3,(H,40,51)(H,41,48)(H,42,47)(H2,43,44,50)/t25-,26?,27+,28-,29-,31+/m0/s1. The van der Waals surface area contributed by atoms with E-state index in [0.29, 0.717) is 18.5 Å². The third-order valence-electron chi connectivity index (χ3n) is 12.8. The maximum Gasteiger partial charge on any atom is 0.407 e. The molecule has 0 bridgehead atoms. The highest BCUT2D eigenvalue weighted by molar-refractivity contribution is 6.38. The number of likely N-dealkylation sites (tertiary alicyclic amines) is 1. The Morgan fingerprint density at radius 1 is 0.981 bits per heavy atom. The van der Waals surface area contributed by atoms with Gasteiger partial charge < -0.3 is 36.2 Å². The monoisotopic (exact) mass is 722 g/mol. The van der Waals surface area contributed by atoms with Gasteiger partial charge in [-0.3, -0.25) is 19.2 Å². The third kappa shape index (κ3) is 8.42. The van der Waals surface area contributed by atoms with Crippen LogP contribution < -0.4 is 26.6 Å². The molecule has 0 aromatic carbocycles. The molecule has 13 heteroatoms. The van der Waals surface area contributed by atoms with Crippen molar-refractivity contribution < 1.29 is 33.5 Å². The number of piperidine rings is 1. The van der Waals surface area contributed by atoms with Crippen LogP contribution in [0.4, 0.5) is 9.59 Å². The number of fused-ring (bicyclic) bond motifs is 1. The van der Waals surface area contributed by atoms with E-state index in [9.17, 15) is 28.8 Å². The van der Waals surface area contributed by atoms with E-state index in [-0.39, 0.29) is 55.1 Å². The number of amides is 6. The van der Waals surface area contributed by atoms with E-state index < -0.39 is 59.3 Å². The number of urea groups is 1. The lowest BCUT2D eigenvalue weighted by atomic mass is 9.68. The van der Waals surface area contributed by atoms with E-state index in [1.807, 2.05) is 6.92 Å². The molecule has 1 aliphatic heterocycles. The first kappa shape index (κ1) is 39.1. The molecular weight excluding hydrogens is 664 g/mol. The van der Waals surface area contributed by atoms with Crippen LogP contribution in [0.1, 0.15) is 98.3 Å². The third-order valence-corrected chi connectivity index (χ3v) is 12.8. The van der Waals surface area contributed by atoms with Crippen molar-refractivity contribution in [1.82, 2.24) is 31.5 Å². The quantitative estimate of drug-likeness (QED) is 0.0924. The number of carbonyl (C=O) groups excluding carboxylic acids is 6. The number of alkyl carbamates (subject to hydrolysis) is 1. The molecule has 1 saturated heterocycles. The number of ether oxygens (including phenoxy) is 1. The molecule has 0 aromatic heterocycles.